The number of fused-ring (bicyclic) bond motifs is 2. The van der Waals surface area contributed by atoms with E-state index in [9.17, 15) is 14.3 Å². The van der Waals surface area contributed by atoms with Gasteiger partial charge in [0.15, 0.2) is 0 Å². The number of hydrogen-bond donors (Lipinski definition) is 1. The van der Waals surface area contributed by atoms with E-state index in [1.165, 1.54) is 12.1 Å². The van der Waals surface area contributed by atoms with Crippen LogP contribution >= 0.6 is 24.8 Å². The Labute approximate surface area is 209 Å². The van der Waals surface area contributed by atoms with Crippen molar-refractivity contribution in [1.82, 2.24) is 14.5 Å². The number of aromatic nitrogens is 2. The molecule has 8 heteroatoms. The molecule has 0 spiro atoms. The Morgan fingerprint density at radius 1 is 1.12 bits per heavy atom. The number of carboxylic acids is 1. The predicted octanol–water partition coefficient (Wildman–Crippen LogP) is 5.85. The average molecular weight is 502 g/mol. The highest BCUT2D eigenvalue weighted by molar-refractivity contribution is 5.96. The number of benzene rings is 2. The Morgan fingerprint density at radius 3 is 2.65 bits per heavy atom. The molecule has 1 N–H and O–H groups in total. The monoisotopic (exact) mass is 501 g/mol. The van der Waals surface area contributed by atoms with E-state index in [1.54, 1.807) is 10.6 Å². The van der Waals surface area contributed by atoms with Gasteiger partial charge >= 0.3 is 5.97 Å². The fourth-order valence-electron chi connectivity index (χ4n) is 4.71. The van der Waals surface area contributed by atoms with Crippen LogP contribution in [0.5, 0.6) is 0 Å². The second kappa shape index (κ2) is 10.6. The quantitative estimate of drug-likeness (QED) is 0.372. The Morgan fingerprint density at radius 2 is 1.91 bits per heavy atom. The van der Waals surface area contributed by atoms with Crippen LogP contribution < -0.4 is 0 Å². The number of rotatable bonds is 5. The summed E-state index contributed by atoms with van der Waals surface area (Å²) >= 11 is 0. The van der Waals surface area contributed by atoms with Gasteiger partial charge in [-0.15, -0.1) is 24.8 Å². The Balaban J connectivity index is 0.00000162. The van der Waals surface area contributed by atoms with Crippen molar-refractivity contribution < 1.29 is 14.3 Å². The number of pyridine rings is 1. The van der Waals surface area contributed by atoms with Gasteiger partial charge in [0, 0.05) is 47.2 Å². The van der Waals surface area contributed by atoms with Crippen molar-refractivity contribution >= 4 is 58.2 Å². The first-order valence-corrected chi connectivity index (χ1v) is 10.8. The molecule has 0 aliphatic carbocycles. The Kier molecular flexibility index (Phi) is 7.97. The van der Waals surface area contributed by atoms with Gasteiger partial charge in [0.25, 0.3) is 0 Å². The average Bonchev–Trinajstić information content (AvgIpc) is 3.04. The lowest BCUT2D eigenvalue weighted by Crippen LogP contribution is -2.28. The van der Waals surface area contributed by atoms with Crippen LogP contribution in [0, 0.1) is 12.7 Å². The van der Waals surface area contributed by atoms with Crippen molar-refractivity contribution in [2.45, 2.75) is 26.4 Å². The van der Waals surface area contributed by atoms with Gasteiger partial charge in [0.2, 0.25) is 0 Å². The number of carbonyl (C=O) groups is 1. The minimum Gasteiger partial charge on any atom is -0.480 e. The summed E-state index contributed by atoms with van der Waals surface area (Å²) in [5.74, 6) is -1.22. The molecule has 4 aromatic rings. The summed E-state index contributed by atoms with van der Waals surface area (Å²) in [5.41, 5.74) is 5.77. The lowest BCUT2D eigenvalue weighted by atomic mass is 9.96. The summed E-state index contributed by atoms with van der Waals surface area (Å²) in [5, 5.41) is 11.3. The van der Waals surface area contributed by atoms with E-state index in [0.29, 0.717) is 0 Å². The van der Waals surface area contributed by atoms with Crippen LogP contribution in [0.15, 0.2) is 60.7 Å². The smallest absolute Gasteiger partial charge is 0.323 e. The van der Waals surface area contributed by atoms with Crippen molar-refractivity contribution in [2.75, 3.05) is 13.1 Å². The first-order chi connectivity index (χ1) is 15.5. The molecule has 0 saturated heterocycles. The standard InChI is InChI=1S/C26H24FN3O2.2ClH/c1-17-26(22-14-20(27)7-9-24(22)30(17)16-25(31)32)19-10-12-29(13-11-19)15-21-8-6-18-4-2-3-5-23(18)28-21;;/h2-10,14H,11-13,15-16H2,1H3,(H,31,32);2*1H. The molecule has 1 aliphatic heterocycles. The lowest BCUT2D eigenvalue weighted by Gasteiger charge is -2.26. The second-order valence-electron chi connectivity index (χ2n) is 8.31. The van der Waals surface area contributed by atoms with Crippen LogP contribution in [-0.2, 0) is 17.9 Å². The SMILES string of the molecule is Cc1c(C2=CCN(Cc3ccc4ccccc4n3)CC2)c2cc(F)ccc2n1CC(=O)O.Cl.Cl. The molecule has 0 saturated carbocycles. The van der Waals surface area contributed by atoms with E-state index in [0.717, 1.165) is 70.4 Å². The summed E-state index contributed by atoms with van der Waals surface area (Å²) in [6.45, 7) is 4.18. The molecule has 5 rings (SSSR count). The third-order valence-corrected chi connectivity index (χ3v) is 6.23. The highest BCUT2D eigenvalue weighted by atomic mass is 35.5. The van der Waals surface area contributed by atoms with Crippen molar-refractivity contribution in [1.29, 1.82) is 0 Å². The van der Waals surface area contributed by atoms with E-state index in [2.05, 4.69) is 29.2 Å². The predicted molar refractivity (Wildman–Crippen MR) is 138 cm³/mol. The van der Waals surface area contributed by atoms with Crippen LogP contribution in [0.25, 0.3) is 27.4 Å². The van der Waals surface area contributed by atoms with Gasteiger partial charge in [0.1, 0.15) is 12.4 Å². The largest absolute Gasteiger partial charge is 0.480 e. The van der Waals surface area contributed by atoms with E-state index >= 15 is 0 Å². The molecule has 0 atom stereocenters. The van der Waals surface area contributed by atoms with Crippen molar-refractivity contribution in [3.63, 3.8) is 0 Å². The van der Waals surface area contributed by atoms with Gasteiger partial charge < -0.3 is 9.67 Å². The molecule has 178 valence electrons. The van der Waals surface area contributed by atoms with Gasteiger partial charge in [-0.05, 0) is 49.2 Å². The highest BCUT2D eigenvalue weighted by Gasteiger charge is 2.22. The fourth-order valence-corrected chi connectivity index (χ4v) is 4.71. The van der Waals surface area contributed by atoms with Gasteiger partial charge in [-0.2, -0.15) is 0 Å². The Bertz CT molecular complexity index is 1380. The van der Waals surface area contributed by atoms with Crippen LogP contribution in [0.2, 0.25) is 0 Å². The summed E-state index contributed by atoms with van der Waals surface area (Å²) in [4.78, 5) is 18.5. The molecule has 0 bridgehead atoms. The number of halogens is 3. The Hall–Kier alpha value is -2.93. The van der Waals surface area contributed by atoms with Crippen molar-refractivity contribution in [3.8, 4) is 0 Å². The zero-order valence-corrected chi connectivity index (χ0v) is 20.3. The van der Waals surface area contributed by atoms with Crippen LogP contribution in [0.3, 0.4) is 0 Å². The number of para-hydroxylation sites is 1. The van der Waals surface area contributed by atoms with Gasteiger partial charge in [-0.1, -0.05) is 30.3 Å². The van der Waals surface area contributed by atoms with Crippen LogP contribution in [0.1, 0.15) is 23.4 Å². The third kappa shape index (κ3) is 4.94. The molecule has 5 nitrogen and oxygen atoms in total. The fraction of sp³-hybridized carbons (Fsp3) is 0.231. The first-order valence-electron chi connectivity index (χ1n) is 10.8. The third-order valence-electron chi connectivity index (χ3n) is 6.23. The number of nitrogens with zero attached hydrogens (tertiary/aromatic N) is 3. The zero-order chi connectivity index (χ0) is 22.2. The normalized spacial score (nSPS) is 13.9. The molecule has 0 unspecified atom stereocenters. The minimum absolute atomic E-state index is 0. The molecular formula is C26H26Cl2FN3O2. The van der Waals surface area contributed by atoms with E-state index in [1.807, 2.05) is 25.1 Å². The molecule has 0 amide bonds. The molecule has 1 aliphatic rings. The van der Waals surface area contributed by atoms with Crippen LogP contribution in [-0.4, -0.2) is 38.6 Å². The van der Waals surface area contributed by atoms with E-state index in [4.69, 9.17) is 4.98 Å². The highest BCUT2D eigenvalue weighted by Crippen LogP contribution is 2.35. The van der Waals surface area contributed by atoms with Crippen molar-refractivity contribution in [3.05, 3.63) is 83.4 Å². The van der Waals surface area contributed by atoms with Gasteiger partial charge in [0.05, 0.1) is 11.2 Å². The minimum atomic E-state index is -0.910. The van der Waals surface area contributed by atoms with E-state index in [-0.39, 0.29) is 37.2 Å². The summed E-state index contributed by atoms with van der Waals surface area (Å²) in [7, 11) is 0. The number of carboxylic acid groups (broad SMARTS) is 1. The maximum absolute atomic E-state index is 14.0. The maximum atomic E-state index is 14.0. The molecule has 3 heterocycles. The van der Waals surface area contributed by atoms with E-state index < -0.39 is 5.97 Å². The second-order valence-corrected chi connectivity index (χ2v) is 8.31. The topological polar surface area (TPSA) is 58.4 Å². The lowest BCUT2D eigenvalue weighted by molar-refractivity contribution is -0.137. The van der Waals surface area contributed by atoms with Gasteiger partial charge in [-0.3, -0.25) is 14.7 Å². The number of aliphatic carboxylic acids is 1. The maximum Gasteiger partial charge on any atom is 0.323 e. The molecule has 34 heavy (non-hydrogen) atoms. The molecular weight excluding hydrogens is 476 g/mol. The molecule has 0 radical (unpaired) electrons. The van der Waals surface area contributed by atoms with Gasteiger partial charge in [-0.25, -0.2) is 4.39 Å². The summed E-state index contributed by atoms with van der Waals surface area (Å²) in [6, 6.07) is 16.9. The zero-order valence-electron chi connectivity index (χ0n) is 18.7. The van der Waals surface area contributed by atoms with Crippen molar-refractivity contribution in [2.24, 2.45) is 0 Å². The first kappa shape index (κ1) is 25.7. The summed E-state index contributed by atoms with van der Waals surface area (Å²) in [6.07, 6.45) is 3.00. The summed E-state index contributed by atoms with van der Waals surface area (Å²) < 4.78 is 15.8. The van der Waals surface area contributed by atoms with Crippen LogP contribution in [0.4, 0.5) is 4.39 Å². The molecule has 2 aromatic heterocycles. The molecule has 2 aromatic carbocycles. The molecule has 0 fully saturated rings. The number of hydrogen-bond acceptors (Lipinski definition) is 3.